The number of nitro groups is 1. The Balaban J connectivity index is 2.29. The van der Waals surface area contributed by atoms with Crippen LogP contribution in [0, 0.1) is 10.1 Å². The number of nitrogens with zero attached hydrogens (tertiary/aromatic N) is 4. The van der Waals surface area contributed by atoms with Crippen LogP contribution in [-0.2, 0) is 6.54 Å². The van der Waals surface area contributed by atoms with Crippen molar-refractivity contribution in [2.75, 3.05) is 6.26 Å². The molecule has 17 heavy (non-hydrogen) atoms. The number of aromatic nitrogens is 3. The molecule has 0 amide bonds. The van der Waals surface area contributed by atoms with E-state index in [4.69, 9.17) is 0 Å². The summed E-state index contributed by atoms with van der Waals surface area (Å²) < 4.78 is 1.54. The average molecular weight is 250 g/mol. The van der Waals surface area contributed by atoms with Gasteiger partial charge in [0.1, 0.15) is 0 Å². The minimum absolute atomic E-state index is 0.356. The first-order chi connectivity index (χ1) is 8.20. The van der Waals surface area contributed by atoms with Gasteiger partial charge in [0.2, 0.25) is 0 Å². The molecule has 2 rings (SSSR count). The minimum atomic E-state index is -0.582. The Morgan fingerprint density at radius 3 is 2.71 bits per heavy atom. The molecule has 0 fully saturated rings. The van der Waals surface area contributed by atoms with Gasteiger partial charge < -0.3 is 10.1 Å². The smallest absolute Gasteiger partial charge is 0.390 e. The fraction of sp³-hybridized carbons (Fsp3) is 0.200. The van der Waals surface area contributed by atoms with Crippen LogP contribution in [0.25, 0.3) is 0 Å². The van der Waals surface area contributed by atoms with Crippen molar-refractivity contribution < 1.29 is 4.92 Å². The summed E-state index contributed by atoms with van der Waals surface area (Å²) >= 11 is 1.34. The van der Waals surface area contributed by atoms with E-state index >= 15 is 0 Å². The molecule has 6 nitrogen and oxygen atoms in total. The molecular formula is C10H10N4O2S. The summed E-state index contributed by atoms with van der Waals surface area (Å²) in [6.07, 6.45) is 1.81. The second-order valence-electron chi connectivity index (χ2n) is 3.30. The molecular weight excluding hydrogens is 240 g/mol. The van der Waals surface area contributed by atoms with E-state index in [1.807, 2.05) is 36.6 Å². The third kappa shape index (κ3) is 2.62. The zero-order valence-electron chi connectivity index (χ0n) is 9.11. The molecule has 2 aromatic rings. The van der Waals surface area contributed by atoms with Gasteiger partial charge in [-0.05, 0) is 21.7 Å². The number of thioether (sulfide) groups is 1. The van der Waals surface area contributed by atoms with Crippen LogP contribution in [0.1, 0.15) is 5.56 Å². The highest BCUT2D eigenvalue weighted by atomic mass is 32.2. The normalized spacial score (nSPS) is 10.4. The molecule has 0 aliphatic carbocycles. The van der Waals surface area contributed by atoms with Crippen molar-refractivity contribution >= 4 is 17.7 Å². The van der Waals surface area contributed by atoms with E-state index in [0.717, 1.165) is 5.56 Å². The number of hydrogen-bond donors (Lipinski definition) is 0. The van der Waals surface area contributed by atoms with Crippen molar-refractivity contribution in [3.63, 3.8) is 0 Å². The fourth-order valence-corrected chi connectivity index (χ4v) is 1.89. The van der Waals surface area contributed by atoms with E-state index < -0.39 is 4.92 Å². The lowest BCUT2D eigenvalue weighted by Crippen LogP contribution is -2.03. The molecule has 7 heteroatoms. The van der Waals surface area contributed by atoms with Crippen LogP contribution in [0.5, 0.6) is 0 Å². The quantitative estimate of drug-likeness (QED) is 0.471. The van der Waals surface area contributed by atoms with Gasteiger partial charge in [-0.2, -0.15) is 4.68 Å². The Labute approximate surface area is 102 Å². The molecule has 1 aromatic heterocycles. The van der Waals surface area contributed by atoms with Crippen molar-refractivity contribution in [2.45, 2.75) is 11.7 Å². The number of hydrogen-bond acceptors (Lipinski definition) is 5. The molecule has 88 valence electrons. The standard InChI is InChI=1S/C10H10N4O2S/c1-17-10-11-9(14(15)16)12-13(10)7-8-5-3-2-4-6-8/h2-6H,7H2,1H3. The van der Waals surface area contributed by atoms with Crippen molar-refractivity contribution in [1.29, 1.82) is 0 Å². The Morgan fingerprint density at radius 1 is 1.41 bits per heavy atom. The summed E-state index contributed by atoms with van der Waals surface area (Å²) in [5.74, 6) is -0.356. The van der Waals surface area contributed by atoms with Gasteiger partial charge in [-0.15, -0.1) is 0 Å². The maximum atomic E-state index is 10.6. The predicted octanol–water partition coefficient (Wildman–Crippen LogP) is 1.96. The Hall–Kier alpha value is -1.89. The van der Waals surface area contributed by atoms with Crippen molar-refractivity contribution in [2.24, 2.45) is 0 Å². The summed E-state index contributed by atoms with van der Waals surface area (Å²) in [7, 11) is 0. The zero-order chi connectivity index (χ0) is 12.3. The maximum Gasteiger partial charge on any atom is 0.492 e. The molecule has 0 spiro atoms. The van der Waals surface area contributed by atoms with Gasteiger partial charge >= 0.3 is 5.95 Å². The molecule has 0 radical (unpaired) electrons. The minimum Gasteiger partial charge on any atom is -0.390 e. The van der Waals surface area contributed by atoms with Crippen LogP contribution in [-0.4, -0.2) is 25.9 Å². The molecule has 0 saturated heterocycles. The SMILES string of the molecule is CSc1nc([N+](=O)[O-])nn1Cc1ccccc1. The lowest BCUT2D eigenvalue weighted by molar-refractivity contribution is -0.394. The maximum absolute atomic E-state index is 10.6. The third-order valence-corrected chi connectivity index (χ3v) is 2.81. The van der Waals surface area contributed by atoms with Gasteiger partial charge in [0.15, 0.2) is 0 Å². The highest BCUT2D eigenvalue weighted by Gasteiger charge is 2.20. The van der Waals surface area contributed by atoms with Crippen molar-refractivity contribution in [3.05, 3.63) is 46.0 Å². The van der Waals surface area contributed by atoms with Crippen LogP contribution in [0.4, 0.5) is 5.95 Å². The molecule has 1 aromatic carbocycles. The Bertz CT molecular complexity index is 526. The van der Waals surface area contributed by atoms with E-state index in [1.165, 1.54) is 16.4 Å². The van der Waals surface area contributed by atoms with E-state index in [1.54, 1.807) is 0 Å². The molecule has 0 atom stereocenters. The van der Waals surface area contributed by atoms with Gasteiger partial charge in [-0.3, -0.25) is 0 Å². The monoisotopic (exact) mass is 250 g/mol. The van der Waals surface area contributed by atoms with E-state index in [0.29, 0.717) is 11.7 Å². The second kappa shape index (κ2) is 4.96. The highest BCUT2D eigenvalue weighted by molar-refractivity contribution is 7.98. The van der Waals surface area contributed by atoms with Gasteiger partial charge in [-0.1, -0.05) is 42.1 Å². The van der Waals surface area contributed by atoms with Crippen LogP contribution in [0.2, 0.25) is 0 Å². The third-order valence-electron chi connectivity index (χ3n) is 2.15. The van der Waals surface area contributed by atoms with Gasteiger partial charge in [0.25, 0.3) is 5.16 Å². The van der Waals surface area contributed by atoms with Gasteiger partial charge in [0.05, 0.1) is 6.54 Å². The molecule has 0 aliphatic rings. The average Bonchev–Trinajstić information content (AvgIpc) is 2.74. The molecule has 0 N–H and O–H groups in total. The van der Waals surface area contributed by atoms with Crippen molar-refractivity contribution in [1.82, 2.24) is 14.8 Å². The molecule has 0 bridgehead atoms. The first-order valence-corrected chi connectivity index (χ1v) is 6.10. The van der Waals surface area contributed by atoms with E-state index in [2.05, 4.69) is 10.1 Å². The number of benzene rings is 1. The van der Waals surface area contributed by atoms with Crippen molar-refractivity contribution in [3.8, 4) is 0 Å². The first-order valence-electron chi connectivity index (χ1n) is 4.88. The van der Waals surface area contributed by atoms with Crippen LogP contribution >= 0.6 is 11.8 Å². The van der Waals surface area contributed by atoms with Gasteiger partial charge in [0, 0.05) is 5.10 Å². The molecule has 0 unspecified atom stereocenters. The van der Waals surface area contributed by atoms with Gasteiger partial charge in [-0.25, -0.2) is 0 Å². The summed E-state index contributed by atoms with van der Waals surface area (Å²) in [6.45, 7) is 0.484. The first kappa shape index (κ1) is 11.6. The largest absolute Gasteiger partial charge is 0.492 e. The molecule has 0 aliphatic heterocycles. The van der Waals surface area contributed by atoms with E-state index in [9.17, 15) is 10.1 Å². The van der Waals surface area contributed by atoms with Crippen LogP contribution in [0.3, 0.4) is 0 Å². The second-order valence-corrected chi connectivity index (χ2v) is 4.07. The Morgan fingerprint density at radius 2 is 2.12 bits per heavy atom. The lowest BCUT2D eigenvalue weighted by atomic mass is 10.2. The van der Waals surface area contributed by atoms with Crippen LogP contribution < -0.4 is 0 Å². The zero-order valence-corrected chi connectivity index (χ0v) is 9.92. The summed E-state index contributed by atoms with van der Waals surface area (Å²) in [6, 6.07) is 9.64. The lowest BCUT2D eigenvalue weighted by Gasteiger charge is -1.98. The highest BCUT2D eigenvalue weighted by Crippen LogP contribution is 2.17. The summed E-state index contributed by atoms with van der Waals surface area (Å²) in [5, 5.41) is 15.0. The van der Waals surface area contributed by atoms with Crippen LogP contribution in [0.15, 0.2) is 35.5 Å². The Kier molecular flexibility index (Phi) is 3.38. The number of rotatable bonds is 4. The summed E-state index contributed by atoms with van der Waals surface area (Å²) in [4.78, 5) is 13.9. The topological polar surface area (TPSA) is 73.8 Å². The molecule has 0 saturated carbocycles. The molecule has 1 heterocycles. The fourth-order valence-electron chi connectivity index (χ4n) is 1.40. The van der Waals surface area contributed by atoms with E-state index in [-0.39, 0.29) is 5.95 Å². The predicted molar refractivity (Wildman–Crippen MR) is 64.0 cm³/mol. The summed E-state index contributed by atoms with van der Waals surface area (Å²) in [5.41, 5.74) is 1.03.